The summed E-state index contributed by atoms with van der Waals surface area (Å²) in [5.41, 5.74) is 0. The first-order valence-electron chi connectivity index (χ1n) is 6.06. The molecule has 1 heterocycles. The van der Waals surface area contributed by atoms with E-state index >= 15 is 0 Å². The molecule has 1 saturated heterocycles. The highest BCUT2D eigenvalue weighted by molar-refractivity contribution is 4.90. The average molecular weight is 262 g/mol. The van der Waals surface area contributed by atoms with Gasteiger partial charge in [0.05, 0.1) is 13.2 Å². The minimum Gasteiger partial charge on any atom is -0.394 e. The first-order valence-corrected chi connectivity index (χ1v) is 6.06. The van der Waals surface area contributed by atoms with Gasteiger partial charge in [-0.25, -0.2) is 0 Å². The summed E-state index contributed by atoms with van der Waals surface area (Å²) in [5.74, 6) is 0.392. The monoisotopic (exact) mass is 262 g/mol. The lowest BCUT2D eigenvalue weighted by atomic mass is 9.99. The van der Waals surface area contributed by atoms with Crippen LogP contribution >= 0.6 is 0 Å². The van der Waals surface area contributed by atoms with Crippen molar-refractivity contribution < 1.29 is 29.9 Å². The Morgan fingerprint density at radius 2 is 1.83 bits per heavy atom. The number of ether oxygens (including phenoxy) is 2. The van der Waals surface area contributed by atoms with E-state index in [1.165, 1.54) is 0 Å². The van der Waals surface area contributed by atoms with Crippen LogP contribution in [-0.2, 0) is 9.47 Å². The predicted octanol–water partition coefficient (Wildman–Crippen LogP) is -0.985. The molecule has 0 aromatic heterocycles. The molecule has 1 aliphatic heterocycles. The second-order valence-electron chi connectivity index (χ2n) is 4.70. The molecule has 1 fully saturated rings. The fraction of sp³-hybridized carbons (Fsp3) is 0.833. The molecule has 18 heavy (non-hydrogen) atoms. The van der Waals surface area contributed by atoms with Crippen molar-refractivity contribution in [2.24, 2.45) is 5.92 Å². The number of hydrogen-bond acceptors (Lipinski definition) is 6. The minimum absolute atomic E-state index is 0.223. The largest absolute Gasteiger partial charge is 0.394 e. The second-order valence-corrected chi connectivity index (χ2v) is 4.70. The van der Waals surface area contributed by atoms with Crippen LogP contribution in [-0.4, -0.2) is 64.3 Å². The van der Waals surface area contributed by atoms with E-state index in [2.05, 4.69) is 0 Å². The van der Waals surface area contributed by atoms with Gasteiger partial charge in [-0.15, -0.1) is 0 Å². The predicted molar refractivity (Wildman–Crippen MR) is 63.7 cm³/mol. The van der Waals surface area contributed by atoms with Crippen LogP contribution in [0.5, 0.6) is 0 Å². The molecule has 0 unspecified atom stereocenters. The number of allylic oxidation sites excluding steroid dienone is 1. The molecule has 6 heteroatoms. The molecule has 4 N–H and O–H groups in total. The average Bonchev–Trinajstić information content (AvgIpc) is 2.34. The zero-order valence-corrected chi connectivity index (χ0v) is 10.6. The number of rotatable bonds is 5. The standard InChI is InChI=1S/C12H22O6/c1-7(2)4-3-5-17-12-11(16)10(15)9(14)8(6-13)18-12/h3-4,7-16H,5-6H2,1-2H3/b4-3+/t8-,9-,10+,11-,12-/m1/s1. The molecular weight excluding hydrogens is 240 g/mol. The maximum atomic E-state index is 9.66. The molecule has 0 amide bonds. The van der Waals surface area contributed by atoms with E-state index < -0.39 is 37.3 Å². The zero-order valence-electron chi connectivity index (χ0n) is 10.6. The van der Waals surface area contributed by atoms with Gasteiger partial charge in [0, 0.05) is 0 Å². The van der Waals surface area contributed by atoms with Crippen LogP contribution < -0.4 is 0 Å². The van der Waals surface area contributed by atoms with Gasteiger partial charge in [-0.05, 0) is 5.92 Å². The van der Waals surface area contributed by atoms with Crippen molar-refractivity contribution in [2.75, 3.05) is 13.2 Å². The molecule has 6 nitrogen and oxygen atoms in total. The highest BCUT2D eigenvalue weighted by Crippen LogP contribution is 2.21. The Morgan fingerprint density at radius 1 is 1.17 bits per heavy atom. The first kappa shape index (κ1) is 15.6. The normalized spacial score (nSPS) is 37.6. The highest BCUT2D eigenvalue weighted by atomic mass is 16.7. The van der Waals surface area contributed by atoms with Crippen LogP contribution in [0.3, 0.4) is 0 Å². The summed E-state index contributed by atoms with van der Waals surface area (Å²) in [7, 11) is 0. The fourth-order valence-corrected chi connectivity index (χ4v) is 1.68. The smallest absolute Gasteiger partial charge is 0.187 e. The molecule has 0 aromatic carbocycles. The molecule has 1 rings (SSSR count). The number of aliphatic hydroxyl groups is 4. The Morgan fingerprint density at radius 3 is 2.39 bits per heavy atom. The molecule has 0 radical (unpaired) electrons. The maximum absolute atomic E-state index is 9.66. The highest BCUT2D eigenvalue weighted by Gasteiger charge is 2.43. The van der Waals surface area contributed by atoms with Crippen molar-refractivity contribution in [1.29, 1.82) is 0 Å². The van der Waals surface area contributed by atoms with Gasteiger partial charge >= 0.3 is 0 Å². The van der Waals surface area contributed by atoms with E-state index in [0.717, 1.165) is 0 Å². The quantitative estimate of drug-likeness (QED) is 0.475. The van der Waals surface area contributed by atoms with Crippen LogP contribution in [0.4, 0.5) is 0 Å². The summed E-state index contributed by atoms with van der Waals surface area (Å²) in [6.07, 6.45) is -2.35. The van der Waals surface area contributed by atoms with E-state index in [0.29, 0.717) is 5.92 Å². The van der Waals surface area contributed by atoms with Crippen molar-refractivity contribution >= 4 is 0 Å². The van der Waals surface area contributed by atoms with Gasteiger partial charge < -0.3 is 29.9 Å². The van der Waals surface area contributed by atoms with E-state index in [1.807, 2.05) is 19.9 Å². The maximum Gasteiger partial charge on any atom is 0.187 e. The lowest BCUT2D eigenvalue weighted by Gasteiger charge is -2.39. The van der Waals surface area contributed by atoms with Crippen LogP contribution in [0, 0.1) is 5.92 Å². The summed E-state index contributed by atoms with van der Waals surface area (Å²) in [5, 5.41) is 37.7. The first-order chi connectivity index (χ1) is 8.47. The van der Waals surface area contributed by atoms with Crippen LogP contribution in [0.15, 0.2) is 12.2 Å². The van der Waals surface area contributed by atoms with E-state index in [-0.39, 0.29) is 6.61 Å². The van der Waals surface area contributed by atoms with Crippen LogP contribution in [0.25, 0.3) is 0 Å². The third-order valence-corrected chi connectivity index (χ3v) is 2.73. The van der Waals surface area contributed by atoms with E-state index in [1.54, 1.807) is 6.08 Å². The molecule has 0 saturated carbocycles. The Kier molecular flexibility index (Phi) is 6.20. The summed E-state index contributed by atoms with van der Waals surface area (Å²) < 4.78 is 10.4. The Labute approximate surface area is 106 Å². The van der Waals surface area contributed by atoms with Gasteiger partial charge in [0.25, 0.3) is 0 Å². The van der Waals surface area contributed by atoms with Crippen LogP contribution in [0.2, 0.25) is 0 Å². The van der Waals surface area contributed by atoms with Crippen molar-refractivity contribution in [3.63, 3.8) is 0 Å². The lowest BCUT2D eigenvalue weighted by molar-refractivity contribution is -0.298. The van der Waals surface area contributed by atoms with Crippen molar-refractivity contribution in [3.05, 3.63) is 12.2 Å². The third-order valence-electron chi connectivity index (χ3n) is 2.73. The van der Waals surface area contributed by atoms with Gasteiger partial charge in [-0.2, -0.15) is 0 Å². The molecule has 106 valence electrons. The molecule has 5 atom stereocenters. The van der Waals surface area contributed by atoms with Crippen LogP contribution in [0.1, 0.15) is 13.8 Å². The van der Waals surface area contributed by atoms with Gasteiger partial charge in [0.2, 0.25) is 0 Å². The van der Waals surface area contributed by atoms with Gasteiger partial charge in [-0.1, -0.05) is 26.0 Å². The Balaban J connectivity index is 2.49. The summed E-state index contributed by atoms with van der Waals surface area (Å²) >= 11 is 0. The molecular formula is C12H22O6. The third kappa shape index (κ3) is 4.01. The van der Waals surface area contributed by atoms with Crippen molar-refractivity contribution in [2.45, 2.75) is 44.6 Å². The number of aliphatic hydroxyl groups excluding tert-OH is 4. The summed E-state index contributed by atoms with van der Waals surface area (Å²) in [4.78, 5) is 0. The van der Waals surface area contributed by atoms with Crippen molar-refractivity contribution in [3.8, 4) is 0 Å². The summed E-state index contributed by atoms with van der Waals surface area (Å²) in [6.45, 7) is 3.81. The zero-order chi connectivity index (χ0) is 13.7. The molecule has 0 bridgehead atoms. The lowest BCUT2D eigenvalue weighted by Crippen LogP contribution is -2.59. The van der Waals surface area contributed by atoms with Gasteiger partial charge in [0.1, 0.15) is 24.4 Å². The van der Waals surface area contributed by atoms with Crippen molar-refractivity contribution in [1.82, 2.24) is 0 Å². The van der Waals surface area contributed by atoms with E-state index in [9.17, 15) is 15.3 Å². The Bertz CT molecular complexity index is 265. The SMILES string of the molecule is CC(C)/C=C/CO[C@@H]1O[C@H](CO)[C@@H](O)[C@H](O)[C@H]1O. The minimum atomic E-state index is -1.39. The molecule has 0 spiro atoms. The van der Waals surface area contributed by atoms with E-state index in [4.69, 9.17) is 14.6 Å². The van der Waals surface area contributed by atoms with Gasteiger partial charge in [0.15, 0.2) is 6.29 Å². The molecule has 1 aliphatic rings. The topological polar surface area (TPSA) is 99.4 Å². The second kappa shape index (κ2) is 7.18. The molecule has 0 aromatic rings. The summed E-state index contributed by atoms with van der Waals surface area (Å²) in [6, 6.07) is 0. The molecule has 0 aliphatic carbocycles. The van der Waals surface area contributed by atoms with Gasteiger partial charge in [-0.3, -0.25) is 0 Å². The number of hydrogen-bond donors (Lipinski definition) is 4. The Hall–Kier alpha value is -0.500. The fourth-order valence-electron chi connectivity index (χ4n) is 1.68.